The number of halogens is 2. The standard InChI is InChI=1S/C14H14BrClO2S/c1-8-7-11(19-14(8)15)13(16)12-9(17-2)5-4-6-10(12)18-3/h4-7,13H,1-3H3. The van der Waals surface area contributed by atoms with Crippen LogP contribution in [-0.4, -0.2) is 14.2 Å². The van der Waals surface area contributed by atoms with Gasteiger partial charge in [-0.25, -0.2) is 0 Å². The number of ether oxygens (including phenoxy) is 2. The van der Waals surface area contributed by atoms with Crippen LogP contribution < -0.4 is 9.47 Å². The molecule has 5 heteroatoms. The summed E-state index contributed by atoms with van der Waals surface area (Å²) >= 11 is 11.8. The van der Waals surface area contributed by atoms with E-state index < -0.39 is 0 Å². The zero-order chi connectivity index (χ0) is 14.0. The molecule has 1 aromatic carbocycles. The molecular formula is C14H14BrClO2S. The van der Waals surface area contributed by atoms with Crippen molar-refractivity contribution in [3.8, 4) is 11.5 Å². The van der Waals surface area contributed by atoms with Crippen molar-refractivity contribution in [3.05, 3.63) is 44.1 Å². The van der Waals surface area contributed by atoms with Crippen molar-refractivity contribution >= 4 is 38.9 Å². The molecule has 0 amide bonds. The quantitative estimate of drug-likeness (QED) is 0.700. The molecule has 0 spiro atoms. The van der Waals surface area contributed by atoms with Crippen molar-refractivity contribution in [1.82, 2.24) is 0 Å². The van der Waals surface area contributed by atoms with E-state index in [1.165, 1.54) is 5.56 Å². The molecule has 2 aromatic rings. The lowest BCUT2D eigenvalue weighted by Crippen LogP contribution is -1.99. The Morgan fingerprint density at radius 3 is 2.21 bits per heavy atom. The molecule has 102 valence electrons. The Hall–Kier alpha value is -0.710. The van der Waals surface area contributed by atoms with Gasteiger partial charge < -0.3 is 9.47 Å². The summed E-state index contributed by atoms with van der Waals surface area (Å²) in [5, 5.41) is -0.291. The predicted octanol–water partition coefficient (Wildman–Crippen LogP) is 5.16. The van der Waals surface area contributed by atoms with E-state index >= 15 is 0 Å². The lowest BCUT2D eigenvalue weighted by Gasteiger charge is -2.16. The molecule has 0 fully saturated rings. The van der Waals surface area contributed by atoms with Gasteiger partial charge in [-0.1, -0.05) is 6.07 Å². The molecule has 0 aliphatic carbocycles. The second-order valence-electron chi connectivity index (χ2n) is 4.04. The van der Waals surface area contributed by atoms with Gasteiger partial charge in [-0.15, -0.1) is 22.9 Å². The maximum absolute atomic E-state index is 6.61. The Balaban J connectivity index is 2.50. The molecular weight excluding hydrogens is 348 g/mol. The number of thiophene rings is 1. The monoisotopic (exact) mass is 360 g/mol. The predicted molar refractivity (Wildman–Crippen MR) is 84.0 cm³/mol. The molecule has 0 bridgehead atoms. The van der Waals surface area contributed by atoms with Crippen LogP contribution in [0.3, 0.4) is 0 Å². The summed E-state index contributed by atoms with van der Waals surface area (Å²) < 4.78 is 11.9. The van der Waals surface area contributed by atoms with Gasteiger partial charge in [0.05, 0.1) is 23.6 Å². The third-order valence-corrected chi connectivity index (χ3v) is 5.63. The van der Waals surface area contributed by atoms with Gasteiger partial charge in [0.1, 0.15) is 16.9 Å². The summed E-state index contributed by atoms with van der Waals surface area (Å²) in [6, 6.07) is 7.75. The smallest absolute Gasteiger partial charge is 0.127 e. The van der Waals surface area contributed by atoms with Crippen molar-refractivity contribution in [2.24, 2.45) is 0 Å². The van der Waals surface area contributed by atoms with Crippen LogP contribution >= 0.6 is 38.9 Å². The van der Waals surface area contributed by atoms with E-state index in [1.807, 2.05) is 25.1 Å². The highest BCUT2D eigenvalue weighted by Gasteiger charge is 2.22. The number of rotatable bonds is 4. The van der Waals surface area contributed by atoms with Crippen LogP contribution in [0.5, 0.6) is 11.5 Å². The molecule has 0 radical (unpaired) electrons. The Labute approximate surface area is 130 Å². The molecule has 2 nitrogen and oxygen atoms in total. The van der Waals surface area contributed by atoms with E-state index in [4.69, 9.17) is 21.1 Å². The first-order valence-corrected chi connectivity index (χ1v) is 7.73. The van der Waals surface area contributed by atoms with E-state index in [2.05, 4.69) is 22.0 Å². The van der Waals surface area contributed by atoms with Gasteiger partial charge in [-0.3, -0.25) is 0 Å². The SMILES string of the molecule is COc1cccc(OC)c1C(Cl)c1cc(C)c(Br)s1. The van der Waals surface area contributed by atoms with Crippen LogP contribution in [0.4, 0.5) is 0 Å². The summed E-state index contributed by atoms with van der Waals surface area (Å²) in [7, 11) is 3.27. The number of hydrogen-bond acceptors (Lipinski definition) is 3. The first-order chi connectivity index (χ1) is 9.08. The lowest BCUT2D eigenvalue weighted by molar-refractivity contribution is 0.386. The van der Waals surface area contributed by atoms with Crippen LogP contribution in [0.1, 0.15) is 21.4 Å². The van der Waals surface area contributed by atoms with Crippen LogP contribution in [0.2, 0.25) is 0 Å². The largest absolute Gasteiger partial charge is 0.496 e. The van der Waals surface area contributed by atoms with Gasteiger partial charge >= 0.3 is 0 Å². The summed E-state index contributed by atoms with van der Waals surface area (Å²) in [6.45, 7) is 2.05. The fourth-order valence-electron chi connectivity index (χ4n) is 1.88. The second kappa shape index (κ2) is 6.16. The average molecular weight is 362 g/mol. The van der Waals surface area contributed by atoms with Crippen molar-refractivity contribution in [2.75, 3.05) is 14.2 Å². The Bertz CT molecular complexity index is 541. The molecule has 0 aliphatic heterocycles. The van der Waals surface area contributed by atoms with E-state index in [-0.39, 0.29) is 5.38 Å². The summed E-state index contributed by atoms with van der Waals surface area (Å²) in [5.74, 6) is 1.48. The Kier molecular flexibility index (Phi) is 4.76. The molecule has 0 aliphatic rings. The molecule has 1 heterocycles. The van der Waals surface area contributed by atoms with Crippen molar-refractivity contribution in [3.63, 3.8) is 0 Å². The van der Waals surface area contributed by atoms with Crippen LogP contribution in [0, 0.1) is 6.92 Å². The van der Waals surface area contributed by atoms with Crippen LogP contribution in [0.15, 0.2) is 28.1 Å². The third kappa shape index (κ3) is 2.91. The molecule has 1 unspecified atom stereocenters. The first-order valence-electron chi connectivity index (χ1n) is 5.69. The van der Waals surface area contributed by atoms with Gasteiger partial charge in [0.2, 0.25) is 0 Å². The third-order valence-electron chi connectivity index (χ3n) is 2.85. The zero-order valence-electron chi connectivity index (χ0n) is 10.9. The van der Waals surface area contributed by atoms with Crippen molar-refractivity contribution in [1.29, 1.82) is 0 Å². The van der Waals surface area contributed by atoms with Crippen LogP contribution in [0.25, 0.3) is 0 Å². The van der Waals surface area contributed by atoms with Crippen LogP contribution in [-0.2, 0) is 0 Å². The fraction of sp³-hybridized carbons (Fsp3) is 0.286. The van der Waals surface area contributed by atoms with E-state index in [0.717, 1.165) is 25.7 Å². The Morgan fingerprint density at radius 2 is 1.79 bits per heavy atom. The highest BCUT2D eigenvalue weighted by atomic mass is 79.9. The highest BCUT2D eigenvalue weighted by molar-refractivity contribution is 9.11. The summed E-state index contributed by atoms with van der Waals surface area (Å²) in [6.07, 6.45) is 0. The maximum Gasteiger partial charge on any atom is 0.127 e. The summed E-state index contributed by atoms with van der Waals surface area (Å²) in [4.78, 5) is 1.06. The van der Waals surface area contributed by atoms with Gasteiger partial charge in [0, 0.05) is 4.88 Å². The topological polar surface area (TPSA) is 18.5 Å². The van der Waals surface area contributed by atoms with Gasteiger partial charge in [-0.2, -0.15) is 0 Å². The minimum atomic E-state index is -0.291. The molecule has 1 atom stereocenters. The first kappa shape index (κ1) is 14.7. The fourth-order valence-corrected chi connectivity index (χ4v) is 3.85. The number of aryl methyl sites for hydroxylation is 1. The number of alkyl halides is 1. The normalized spacial score (nSPS) is 12.3. The van der Waals surface area contributed by atoms with E-state index in [9.17, 15) is 0 Å². The minimum Gasteiger partial charge on any atom is -0.496 e. The van der Waals surface area contributed by atoms with Gasteiger partial charge in [-0.05, 0) is 46.6 Å². The minimum absolute atomic E-state index is 0.291. The second-order valence-corrected chi connectivity index (χ2v) is 6.88. The molecule has 2 rings (SSSR count). The van der Waals surface area contributed by atoms with Crippen molar-refractivity contribution < 1.29 is 9.47 Å². The molecule has 0 saturated heterocycles. The number of methoxy groups -OCH3 is 2. The molecule has 0 N–H and O–H groups in total. The van der Waals surface area contributed by atoms with Crippen molar-refractivity contribution in [2.45, 2.75) is 12.3 Å². The number of hydrogen-bond donors (Lipinski definition) is 0. The van der Waals surface area contributed by atoms with E-state index in [0.29, 0.717) is 0 Å². The highest BCUT2D eigenvalue weighted by Crippen LogP contribution is 2.44. The van der Waals surface area contributed by atoms with E-state index in [1.54, 1.807) is 25.6 Å². The molecule has 0 saturated carbocycles. The lowest BCUT2D eigenvalue weighted by atomic mass is 10.1. The molecule has 1 aromatic heterocycles. The number of benzene rings is 1. The zero-order valence-corrected chi connectivity index (χ0v) is 14.0. The molecule has 19 heavy (non-hydrogen) atoms. The summed E-state index contributed by atoms with van der Waals surface area (Å²) in [5.41, 5.74) is 2.04. The maximum atomic E-state index is 6.61. The van der Waals surface area contributed by atoms with Gasteiger partial charge in [0.25, 0.3) is 0 Å². The van der Waals surface area contributed by atoms with Gasteiger partial charge in [0.15, 0.2) is 0 Å². The average Bonchev–Trinajstić information content (AvgIpc) is 2.76. The Morgan fingerprint density at radius 1 is 1.21 bits per heavy atom.